The first kappa shape index (κ1) is 9.75. The average Bonchev–Trinajstić information content (AvgIpc) is 1.96. The summed E-state index contributed by atoms with van der Waals surface area (Å²) >= 11 is 3.52. The highest BCUT2D eigenvalue weighted by molar-refractivity contribution is 9.10. The molecular weight excluding hydrogens is 214 g/mol. The molecule has 0 spiro atoms. The number of aryl methyl sites for hydroxylation is 1. The van der Waals surface area contributed by atoms with Crippen LogP contribution in [0.3, 0.4) is 0 Å². The van der Waals surface area contributed by atoms with Gasteiger partial charge in [0.25, 0.3) is 0 Å². The third-order valence-corrected chi connectivity index (χ3v) is 2.59. The molecule has 2 heteroatoms. The van der Waals surface area contributed by atoms with Gasteiger partial charge in [0, 0.05) is 11.0 Å². The Morgan fingerprint density at radius 2 is 2.00 bits per heavy atom. The third-order valence-electron chi connectivity index (χ3n) is 1.74. The fourth-order valence-corrected chi connectivity index (χ4v) is 1.53. The Kier molecular flexibility index (Phi) is 3.29. The van der Waals surface area contributed by atoms with Crippen LogP contribution in [0.5, 0.6) is 0 Å². The van der Waals surface area contributed by atoms with E-state index in [0.717, 1.165) is 6.54 Å². The molecule has 12 heavy (non-hydrogen) atoms. The van der Waals surface area contributed by atoms with Crippen molar-refractivity contribution >= 4 is 15.9 Å². The van der Waals surface area contributed by atoms with E-state index in [0.29, 0.717) is 0 Å². The van der Waals surface area contributed by atoms with E-state index >= 15 is 0 Å². The minimum atomic E-state index is 0.999. The van der Waals surface area contributed by atoms with Crippen LogP contribution >= 0.6 is 15.9 Å². The van der Waals surface area contributed by atoms with Gasteiger partial charge in [-0.1, -0.05) is 28.1 Å². The second kappa shape index (κ2) is 4.06. The zero-order chi connectivity index (χ0) is 9.14. The van der Waals surface area contributed by atoms with Crippen LogP contribution in [0.2, 0.25) is 0 Å². The molecule has 0 aliphatic heterocycles. The van der Waals surface area contributed by atoms with E-state index in [1.807, 2.05) is 0 Å². The number of benzene rings is 1. The van der Waals surface area contributed by atoms with Crippen LogP contribution in [0.25, 0.3) is 0 Å². The highest BCUT2D eigenvalue weighted by atomic mass is 79.9. The third kappa shape index (κ3) is 2.61. The standard InChI is InChI=1S/C10H14BrN/c1-8-4-5-9(6-10(8)11)7-12(2)3/h4-6H,7H2,1-3H3. The van der Waals surface area contributed by atoms with Crippen LogP contribution in [0.1, 0.15) is 11.1 Å². The summed E-state index contributed by atoms with van der Waals surface area (Å²) in [6.45, 7) is 3.10. The Hall–Kier alpha value is -0.340. The summed E-state index contributed by atoms with van der Waals surface area (Å²) in [7, 11) is 4.15. The summed E-state index contributed by atoms with van der Waals surface area (Å²) in [5.74, 6) is 0. The van der Waals surface area contributed by atoms with E-state index in [-0.39, 0.29) is 0 Å². The maximum Gasteiger partial charge on any atom is 0.0228 e. The number of rotatable bonds is 2. The van der Waals surface area contributed by atoms with Crippen molar-refractivity contribution in [2.45, 2.75) is 13.5 Å². The van der Waals surface area contributed by atoms with E-state index in [9.17, 15) is 0 Å². The summed E-state index contributed by atoms with van der Waals surface area (Å²) in [4.78, 5) is 2.16. The minimum Gasteiger partial charge on any atom is -0.305 e. The molecule has 0 saturated carbocycles. The predicted octanol–water partition coefficient (Wildman–Crippen LogP) is 2.82. The maximum atomic E-state index is 3.52. The molecule has 0 aliphatic rings. The van der Waals surface area contributed by atoms with Crippen LogP contribution in [0.4, 0.5) is 0 Å². The number of halogens is 1. The van der Waals surface area contributed by atoms with Crippen molar-refractivity contribution in [2.24, 2.45) is 0 Å². The Morgan fingerprint density at radius 1 is 1.33 bits per heavy atom. The van der Waals surface area contributed by atoms with Gasteiger partial charge in [0.2, 0.25) is 0 Å². The van der Waals surface area contributed by atoms with Crippen LogP contribution < -0.4 is 0 Å². The number of hydrogen-bond acceptors (Lipinski definition) is 1. The van der Waals surface area contributed by atoms with Gasteiger partial charge in [-0.25, -0.2) is 0 Å². The summed E-state index contributed by atoms with van der Waals surface area (Å²) in [6.07, 6.45) is 0. The quantitative estimate of drug-likeness (QED) is 0.752. The molecule has 0 N–H and O–H groups in total. The lowest BCUT2D eigenvalue weighted by molar-refractivity contribution is 0.402. The van der Waals surface area contributed by atoms with Gasteiger partial charge < -0.3 is 4.90 Å². The van der Waals surface area contributed by atoms with Crippen molar-refractivity contribution < 1.29 is 0 Å². The zero-order valence-corrected chi connectivity index (χ0v) is 9.35. The highest BCUT2D eigenvalue weighted by Gasteiger charge is 1.97. The first-order valence-corrected chi connectivity index (χ1v) is 4.78. The lowest BCUT2D eigenvalue weighted by Gasteiger charge is -2.10. The van der Waals surface area contributed by atoms with Crippen molar-refractivity contribution in [1.29, 1.82) is 0 Å². The molecule has 0 aliphatic carbocycles. The van der Waals surface area contributed by atoms with Gasteiger partial charge in [-0.3, -0.25) is 0 Å². The van der Waals surface area contributed by atoms with Crippen molar-refractivity contribution in [2.75, 3.05) is 14.1 Å². The zero-order valence-electron chi connectivity index (χ0n) is 7.76. The largest absolute Gasteiger partial charge is 0.305 e. The first-order valence-electron chi connectivity index (χ1n) is 3.99. The van der Waals surface area contributed by atoms with E-state index < -0.39 is 0 Å². The lowest BCUT2D eigenvalue weighted by Crippen LogP contribution is -2.10. The Bertz CT molecular complexity index is 269. The van der Waals surface area contributed by atoms with Gasteiger partial charge >= 0.3 is 0 Å². The molecule has 66 valence electrons. The van der Waals surface area contributed by atoms with Crippen LogP contribution in [0.15, 0.2) is 22.7 Å². The molecular formula is C10H14BrN. The highest BCUT2D eigenvalue weighted by Crippen LogP contribution is 2.17. The molecule has 0 aromatic heterocycles. The molecule has 0 saturated heterocycles. The molecule has 1 aromatic carbocycles. The Labute approximate surface area is 82.5 Å². The van der Waals surface area contributed by atoms with Crippen LogP contribution in [-0.4, -0.2) is 19.0 Å². The van der Waals surface area contributed by atoms with Crippen molar-refractivity contribution in [1.82, 2.24) is 4.90 Å². The molecule has 1 nitrogen and oxygen atoms in total. The monoisotopic (exact) mass is 227 g/mol. The minimum absolute atomic E-state index is 0.999. The molecule has 0 radical (unpaired) electrons. The fraction of sp³-hybridized carbons (Fsp3) is 0.400. The van der Waals surface area contributed by atoms with Crippen LogP contribution in [0, 0.1) is 6.92 Å². The predicted molar refractivity (Wildman–Crippen MR) is 56.3 cm³/mol. The van der Waals surface area contributed by atoms with Gasteiger partial charge in [0.1, 0.15) is 0 Å². The fourth-order valence-electron chi connectivity index (χ4n) is 1.10. The Morgan fingerprint density at radius 3 is 2.50 bits per heavy atom. The van der Waals surface area contributed by atoms with Crippen molar-refractivity contribution in [3.8, 4) is 0 Å². The van der Waals surface area contributed by atoms with Gasteiger partial charge in [-0.2, -0.15) is 0 Å². The van der Waals surface area contributed by atoms with Gasteiger partial charge in [0.15, 0.2) is 0 Å². The summed E-state index contributed by atoms with van der Waals surface area (Å²) in [6, 6.07) is 6.48. The molecule has 0 amide bonds. The van der Waals surface area contributed by atoms with Crippen molar-refractivity contribution in [3.63, 3.8) is 0 Å². The SMILES string of the molecule is Cc1ccc(CN(C)C)cc1Br. The average molecular weight is 228 g/mol. The summed E-state index contributed by atoms with van der Waals surface area (Å²) in [5.41, 5.74) is 2.63. The normalized spacial score (nSPS) is 10.8. The molecule has 0 bridgehead atoms. The first-order chi connectivity index (χ1) is 5.59. The van der Waals surface area contributed by atoms with E-state index in [1.54, 1.807) is 0 Å². The van der Waals surface area contributed by atoms with Gasteiger partial charge in [-0.05, 0) is 38.2 Å². The molecule has 0 fully saturated rings. The number of hydrogen-bond donors (Lipinski definition) is 0. The number of nitrogens with zero attached hydrogens (tertiary/aromatic N) is 1. The summed E-state index contributed by atoms with van der Waals surface area (Å²) < 4.78 is 1.20. The van der Waals surface area contributed by atoms with Gasteiger partial charge in [0.05, 0.1) is 0 Å². The van der Waals surface area contributed by atoms with E-state index in [1.165, 1.54) is 15.6 Å². The Balaban J connectivity index is 2.82. The molecule has 1 aromatic rings. The summed E-state index contributed by atoms with van der Waals surface area (Å²) in [5, 5.41) is 0. The lowest BCUT2D eigenvalue weighted by atomic mass is 10.1. The van der Waals surface area contributed by atoms with Crippen molar-refractivity contribution in [3.05, 3.63) is 33.8 Å². The van der Waals surface area contributed by atoms with E-state index in [2.05, 4.69) is 60.0 Å². The molecule has 0 atom stereocenters. The molecule has 0 heterocycles. The maximum absolute atomic E-state index is 3.52. The second-order valence-corrected chi connectivity index (χ2v) is 4.18. The van der Waals surface area contributed by atoms with E-state index in [4.69, 9.17) is 0 Å². The van der Waals surface area contributed by atoms with Gasteiger partial charge in [-0.15, -0.1) is 0 Å². The topological polar surface area (TPSA) is 3.24 Å². The molecule has 1 rings (SSSR count). The smallest absolute Gasteiger partial charge is 0.0228 e. The van der Waals surface area contributed by atoms with Crippen LogP contribution in [-0.2, 0) is 6.54 Å². The molecule has 0 unspecified atom stereocenters. The second-order valence-electron chi connectivity index (χ2n) is 3.32.